The number of H-pyrrole nitrogens is 1. The van der Waals surface area contributed by atoms with Crippen LogP contribution in [0.2, 0.25) is 0 Å². The maximum atomic E-state index is 12.9. The Morgan fingerprint density at radius 1 is 1.00 bits per heavy atom. The van der Waals surface area contributed by atoms with E-state index >= 15 is 0 Å². The molecule has 0 fully saturated rings. The summed E-state index contributed by atoms with van der Waals surface area (Å²) in [6, 6.07) is 2.81. The van der Waals surface area contributed by atoms with Crippen molar-refractivity contribution in [1.82, 2.24) is 24.8 Å². The van der Waals surface area contributed by atoms with Gasteiger partial charge in [-0.3, -0.25) is 19.4 Å². The van der Waals surface area contributed by atoms with E-state index in [1.54, 1.807) is 46.1 Å². The van der Waals surface area contributed by atoms with Crippen LogP contribution in [0.25, 0.3) is 22.6 Å². The Labute approximate surface area is 214 Å². The Hall–Kier alpha value is -3.60. The fourth-order valence-electron chi connectivity index (χ4n) is 3.79. The number of ether oxygens (including phenoxy) is 2. The van der Waals surface area contributed by atoms with Gasteiger partial charge in [0.15, 0.2) is 11.5 Å². The molecule has 0 radical (unpaired) electrons. The van der Waals surface area contributed by atoms with Gasteiger partial charge in [0.25, 0.3) is 5.56 Å². The van der Waals surface area contributed by atoms with E-state index in [9.17, 15) is 19.2 Å². The van der Waals surface area contributed by atoms with Crippen molar-refractivity contribution < 1.29 is 19.1 Å². The summed E-state index contributed by atoms with van der Waals surface area (Å²) in [5.74, 6) is -0.999. The molecule has 2 aliphatic heterocycles. The minimum atomic E-state index is -0.968. The number of nitrogens with one attached hydrogen (secondary N) is 2. The van der Waals surface area contributed by atoms with E-state index in [0.717, 1.165) is 11.1 Å². The van der Waals surface area contributed by atoms with Crippen molar-refractivity contribution in [1.29, 1.82) is 0 Å². The van der Waals surface area contributed by atoms with E-state index < -0.39 is 40.4 Å². The van der Waals surface area contributed by atoms with Crippen LogP contribution in [0.1, 0.15) is 59.1 Å². The van der Waals surface area contributed by atoms with Gasteiger partial charge in [0, 0.05) is 13.1 Å². The summed E-state index contributed by atoms with van der Waals surface area (Å²) < 4.78 is 12.6. The molecule has 0 saturated heterocycles. The lowest BCUT2D eigenvalue weighted by molar-refractivity contribution is -0.164. The number of carbonyl (C=O) groups is 2. The molecule has 0 spiro atoms. The van der Waals surface area contributed by atoms with Crippen molar-refractivity contribution in [2.24, 2.45) is 0 Å². The molecule has 2 aliphatic rings. The van der Waals surface area contributed by atoms with Gasteiger partial charge in [0.05, 0.1) is 17.5 Å². The van der Waals surface area contributed by atoms with E-state index in [-0.39, 0.29) is 31.0 Å². The maximum absolute atomic E-state index is 12.9. The monoisotopic (exact) mass is 513 g/mol. The van der Waals surface area contributed by atoms with Crippen LogP contribution >= 0.6 is 0 Å². The van der Waals surface area contributed by atoms with Crippen LogP contribution in [-0.4, -0.2) is 55.2 Å². The third-order valence-corrected chi connectivity index (χ3v) is 5.43. The Bertz CT molecular complexity index is 1410. The number of aryl methyl sites for hydroxylation is 2. The van der Waals surface area contributed by atoms with Crippen LogP contribution < -0.4 is 16.6 Å². The standard InChI is InChI=1S/C26H35N5O6/c1-14-11-16-18(12-15(14)2)31(21-20(28-16)22(33)30-24(35)29-21)10-9-27-17(23(34)37-26(6,7)8)13-19(32)36-25(3,4)5/h11-12,17,27H,9-10,13H2,1-8H3,(H,30,33,35)/t17-/m1/s1. The molecule has 2 heterocycles. The SMILES string of the molecule is Cc1cc2nc3c(=O)[nH]c(=O)nc-3n(CCN[C@H](CC(=O)OC(C)(C)C)C(=O)OC(C)(C)C)c2cc1C. The second-order valence-corrected chi connectivity index (χ2v) is 11.1. The van der Waals surface area contributed by atoms with E-state index in [4.69, 9.17) is 9.47 Å². The molecule has 37 heavy (non-hydrogen) atoms. The summed E-state index contributed by atoms with van der Waals surface area (Å²) in [4.78, 5) is 60.5. The highest BCUT2D eigenvalue weighted by molar-refractivity contribution is 5.83. The van der Waals surface area contributed by atoms with Gasteiger partial charge in [-0.25, -0.2) is 9.78 Å². The molecule has 1 atom stereocenters. The second kappa shape index (κ2) is 10.4. The molecule has 0 aliphatic carbocycles. The van der Waals surface area contributed by atoms with E-state index in [2.05, 4.69) is 20.3 Å². The summed E-state index contributed by atoms with van der Waals surface area (Å²) in [5.41, 5.74) is 0.416. The number of fused-ring (bicyclic) bond motifs is 2. The number of hydrogen-bond acceptors (Lipinski definition) is 9. The number of aromatic amines is 1. The van der Waals surface area contributed by atoms with Gasteiger partial charge in [-0.05, 0) is 78.6 Å². The lowest BCUT2D eigenvalue weighted by atomic mass is 10.1. The number of benzene rings is 1. The fraction of sp³-hybridized carbons (Fsp3) is 0.538. The fourth-order valence-corrected chi connectivity index (χ4v) is 3.79. The van der Waals surface area contributed by atoms with Crippen LogP contribution in [-0.2, 0) is 25.6 Å². The van der Waals surface area contributed by atoms with Crippen LogP contribution in [0.15, 0.2) is 21.7 Å². The molecule has 0 amide bonds. The van der Waals surface area contributed by atoms with Gasteiger partial charge in [-0.2, -0.15) is 4.98 Å². The van der Waals surface area contributed by atoms with Crippen LogP contribution in [0.4, 0.5) is 0 Å². The van der Waals surface area contributed by atoms with Crippen molar-refractivity contribution in [2.45, 2.75) is 85.6 Å². The number of hydrogen-bond donors (Lipinski definition) is 2. The largest absolute Gasteiger partial charge is 0.460 e. The quantitative estimate of drug-likeness (QED) is 0.359. The van der Waals surface area contributed by atoms with Crippen molar-refractivity contribution >= 4 is 23.0 Å². The molecular formula is C26H35N5O6. The molecule has 1 aromatic rings. The van der Waals surface area contributed by atoms with E-state index in [0.29, 0.717) is 11.0 Å². The summed E-state index contributed by atoms with van der Waals surface area (Å²) in [5, 5.41) is 3.08. The number of rotatable bonds is 7. The number of nitrogens with zero attached hydrogens (tertiary/aromatic N) is 3. The second-order valence-electron chi connectivity index (χ2n) is 11.1. The van der Waals surface area contributed by atoms with Gasteiger partial charge in [-0.15, -0.1) is 0 Å². The molecule has 11 nitrogen and oxygen atoms in total. The summed E-state index contributed by atoms with van der Waals surface area (Å²) in [6.07, 6.45) is -0.227. The van der Waals surface area contributed by atoms with Gasteiger partial charge >= 0.3 is 17.6 Å². The summed E-state index contributed by atoms with van der Waals surface area (Å²) in [7, 11) is 0. The van der Waals surface area contributed by atoms with Gasteiger partial charge < -0.3 is 19.4 Å². The predicted octanol–water partition coefficient (Wildman–Crippen LogP) is 2.23. The molecule has 0 aromatic heterocycles. The topological polar surface area (TPSA) is 145 Å². The molecule has 11 heteroatoms. The normalized spacial score (nSPS) is 13.1. The highest BCUT2D eigenvalue weighted by Crippen LogP contribution is 2.23. The predicted molar refractivity (Wildman–Crippen MR) is 139 cm³/mol. The Morgan fingerprint density at radius 2 is 1.62 bits per heavy atom. The lowest BCUT2D eigenvalue weighted by Crippen LogP contribution is -2.44. The number of carbonyl (C=O) groups excluding carboxylic acids is 2. The average Bonchev–Trinajstić information content (AvgIpc) is 2.72. The molecule has 2 N–H and O–H groups in total. The van der Waals surface area contributed by atoms with Gasteiger partial charge in [0.2, 0.25) is 0 Å². The smallest absolute Gasteiger partial charge is 0.349 e. The van der Waals surface area contributed by atoms with Crippen LogP contribution in [0.5, 0.6) is 0 Å². The first-order valence-electron chi connectivity index (χ1n) is 12.1. The number of esters is 2. The molecule has 1 aromatic carbocycles. The molecule has 0 bridgehead atoms. The Kier molecular flexibility index (Phi) is 7.87. The Morgan fingerprint density at radius 3 is 2.24 bits per heavy atom. The zero-order chi connectivity index (χ0) is 27.7. The highest BCUT2D eigenvalue weighted by Gasteiger charge is 2.29. The van der Waals surface area contributed by atoms with Crippen molar-refractivity contribution in [2.75, 3.05) is 6.54 Å². The third-order valence-electron chi connectivity index (χ3n) is 5.43. The van der Waals surface area contributed by atoms with Crippen molar-refractivity contribution in [3.05, 3.63) is 44.1 Å². The van der Waals surface area contributed by atoms with E-state index in [1.165, 1.54) is 0 Å². The van der Waals surface area contributed by atoms with E-state index in [1.807, 2.05) is 26.0 Å². The molecule has 0 saturated carbocycles. The first-order valence-corrected chi connectivity index (χ1v) is 12.1. The van der Waals surface area contributed by atoms with Crippen molar-refractivity contribution in [3.63, 3.8) is 0 Å². The first-order chi connectivity index (χ1) is 17.0. The van der Waals surface area contributed by atoms with Gasteiger partial charge in [-0.1, -0.05) is 0 Å². The lowest BCUT2D eigenvalue weighted by Gasteiger charge is -2.26. The average molecular weight is 514 g/mol. The summed E-state index contributed by atoms with van der Waals surface area (Å²) >= 11 is 0. The molecule has 3 rings (SSSR count). The van der Waals surface area contributed by atoms with Crippen LogP contribution in [0, 0.1) is 13.8 Å². The summed E-state index contributed by atoms with van der Waals surface area (Å²) in [6.45, 7) is 14.8. The minimum absolute atomic E-state index is 0.0350. The van der Waals surface area contributed by atoms with Gasteiger partial charge in [0.1, 0.15) is 17.2 Å². The Balaban J connectivity index is 1.95. The van der Waals surface area contributed by atoms with Crippen LogP contribution in [0.3, 0.4) is 0 Å². The zero-order valence-electron chi connectivity index (χ0n) is 22.6. The number of aromatic nitrogens is 4. The minimum Gasteiger partial charge on any atom is -0.460 e. The molecule has 0 unspecified atom stereocenters. The maximum Gasteiger partial charge on any atom is 0.349 e. The molecule has 200 valence electrons. The molecular weight excluding hydrogens is 478 g/mol. The highest BCUT2D eigenvalue weighted by atomic mass is 16.6. The first kappa shape index (κ1) is 28.0. The van der Waals surface area contributed by atoms with Crippen molar-refractivity contribution in [3.8, 4) is 11.5 Å². The third kappa shape index (κ3) is 7.22. The zero-order valence-corrected chi connectivity index (χ0v) is 22.6.